The summed E-state index contributed by atoms with van der Waals surface area (Å²) in [6, 6.07) is 0. The van der Waals surface area contributed by atoms with Gasteiger partial charge in [-0.1, -0.05) is 39.3 Å². The second-order valence-corrected chi connectivity index (χ2v) is 15.8. The molecule has 3 nitrogen and oxygen atoms in total. The zero-order valence-electron chi connectivity index (χ0n) is 20.1. The summed E-state index contributed by atoms with van der Waals surface area (Å²) in [5.41, 5.74) is 3.70. The lowest BCUT2D eigenvalue weighted by molar-refractivity contribution is 0.217. The Morgan fingerprint density at radius 1 is 1.31 bits per heavy atom. The van der Waals surface area contributed by atoms with E-state index < -0.39 is 8.32 Å². The highest BCUT2D eigenvalue weighted by Gasteiger charge is 2.39. The highest BCUT2D eigenvalue weighted by molar-refractivity contribution is 7.09. The Balaban J connectivity index is 2.92. The highest BCUT2D eigenvalue weighted by Crippen LogP contribution is 2.38. The monoisotopic (exact) mass is 437 g/mol. The average Bonchev–Trinajstić information content (AvgIpc) is 3.01. The van der Waals surface area contributed by atoms with Gasteiger partial charge in [-0.3, -0.25) is 0 Å². The van der Waals surface area contributed by atoms with Crippen molar-refractivity contribution in [2.24, 2.45) is 5.92 Å². The molecule has 0 radical (unpaired) electrons. The van der Waals surface area contributed by atoms with Crippen molar-refractivity contribution in [1.29, 1.82) is 0 Å². The van der Waals surface area contributed by atoms with Crippen molar-refractivity contribution in [2.75, 3.05) is 6.61 Å². The molecule has 1 heterocycles. The van der Waals surface area contributed by atoms with Gasteiger partial charge in [0, 0.05) is 12.0 Å². The molecule has 1 aromatic rings. The van der Waals surface area contributed by atoms with Gasteiger partial charge in [0.2, 0.25) is 0 Å². The number of aliphatic hydroxyl groups excluding tert-OH is 1. The number of thiazole rings is 1. The third-order valence-corrected chi connectivity index (χ3v) is 11.3. The molecule has 0 saturated carbocycles. The van der Waals surface area contributed by atoms with E-state index in [0.29, 0.717) is 5.92 Å². The number of rotatable bonds is 11. The number of nitrogens with zero attached hydrogens (tertiary/aromatic N) is 1. The summed E-state index contributed by atoms with van der Waals surface area (Å²) >= 11 is 1.69. The SMILES string of the molecule is CC(=CCC(O[Si](C)(C)C(C)(C)C)C(C)=Cc1csc(C)n1)CCC[C@H](C)CO. The summed E-state index contributed by atoms with van der Waals surface area (Å²) in [6.45, 7) is 20.4. The van der Waals surface area contributed by atoms with Crippen LogP contribution >= 0.6 is 11.3 Å². The van der Waals surface area contributed by atoms with Gasteiger partial charge in [-0.25, -0.2) is 4.98 Å². The average molecular weight is 438 g/mol. The van der Waals surface area contributed by atoms with Crippen LogP contribution in [0.1, 0.15) is 77.9 Å². The van der Waals surface area contributed by atoms with Crippen molar-refractivity contribution >= 4 is 25.7 Å². The Morgan fingerprint density at radius 2 is 1.97 bits per heavy atom. The quantitative estimate of drug-likeness (QED) is 0.290. The van der Waals surface area contributed by atoms with Crippen molar-refractivity contribution in [2.45, 2.75) is 98.4 Å². The largest absolute Gasteiger partial charge is 0.410 e. The van der Waals surface area contributed by atoms with E-state index >= 15 is 0 Å². The van der Waals surface area contributed by atoms with Crippen LogP contribution < -0.4 is 0 Å². The molecule has 0 aromatic carbocycles. The maximum Gasteiger partial charge on any atom is 0.192 e. The number of aliphatic hydroxyl groups is 1. The minimum Gasteiger partial charge on any atom is -0.410 e. The summed E-state index contributed by atoms with van der Waals surface area (Å²) in [4.78, 5) is 4.60. The molecule has 0 saturated heterocycles. The van der Waals surface area contributed by atoms with E-state index in [0.717, 1.165) is 36.4 Å². The zero-order valence-corrected chi connectivity index (χ0v) is 21.9. The fourth-order valence-electron chi connectivity index (χ4n) is 2.86. The van der Waals surface area contributed by atoms with Crippen LogP contribution in [0.15, 0.2) is 22.6 Å². The fourth-order valence-corrected chi connectivity index (χ4v) is 4.78. The molecule has 0 aliphatic heterocycles. The molecule has 1 unspecified atom stereocenters. The fraction of sp³-hybridized carbons (Fsp3) is 0.708. The second-order valence-electron chi connectivity index (χ2n) is 10.0. The Morgan fingerprint density at radius 3 is 2.48 bits per heavy atom. The van der Waals surface area contributed by atoms with Gasteiger partial charge in [0.25, 0.3) is 0 Å². The Bertz CT molecular complexity index is 685. The molecule has 1 rings (SSSR count). The van der Waals surface area contributed by atoms with Gasteiger partial charge in [-0.05, 0) is 82.2 Å². The standard InChI is InChI=1S/C24H43NO2SSi/c1-18(11-10-12-19(2)16-26)13-14-23(27-29(8,9)24(5,6)7)20(3)15-22-17-28-21(4)25-22/h13,15,17,19,23,26H,10-12,14,16H2,1-9H3/t19-,23?/m0/s1. The molecule has 2 atom stereocenters. The zero-order chi connectivity index (χ0) is 22.2. The van der Waals surface area contributed by atoms with E-state index in [-0.39, 0.29) is 17.7 Å². The summed E-state index contributed by atoms with van der Waals surface area (Å²) < 4.78 is 6.82. The predicted molar refractivity (Wildman–Crippen MR) is 131 cm³/mol. The predicted octanol–water partition coefficient (Wildman–Crippen LogP) is 7.38. The molecule has 0 amide bonds. The van der Waals surface area contributed by atoms with Crippen LogP contribution in [0, 0.1) is 12.8 Å². The molecule has 166 valence electrons. The summed E-state index contributed by atoms with van der Waals surface area (Å²) in [7, 11) is -1.88. The van der Waals surface area contributed by atoms with Crippen molar-refractivity contribution in [3.05, 3.63) is 33.3 Å². The summed E-state index contributed by atoms with van der Waals surface area (Å²) in [6.07, 6.45) is 8.82. The number of hydrogen-bond donors (Lipinski definition) is 1. The third kappa shape index (κ3) is 9.29. The van der Waals surface area contributed by atoms with Gasteiger partial charge in [0.1, 0.15) is 0 Å². The summed E-state index contributed by atoms with van der Waals surface area (Å²) in [5, 5.41) is 12.6. The van der Waals surface area contributed by atoms with Gasteiger partial charge in [0.15, 0.2) is 8.32 Å². The van der Waals surface area contributed by atoms with Crippen LogP contribution in [-0.4, -0.2) is 31.1 Å². The van der Waals surface area contributed by atoms with Crippen molar-refractivity contribution in [3.8, 4) is 0 Å². The van der Waals surface area contributed by atoms with E-state index in [2.05, 4.69) is 77.2 Å². The molecule has 5 heteroatoms. The molecular formula is C24H43NO2SSi. The first-order valence-electron chi connectivity index (χ1n) is 10.9. The van der Waals surface area contributed by atoms with E-state index in [1.807, 2.05) is 6.92 Å². The Labute approximate surface area is 184 Å². The number of aromatic nitrogens is 1. The Hall–Kier alpha value is -0.753. The van der Waals surface area contributed by atoms with Crippen LogP contribution in [0.25, 0.3) is 6.08 Å². The molecule has 0 spiro atoms. The number of aryl methyl sites for hydroxylation is 1. The van der Waals surface area contributed by atoms with Crippen molar-refractivity contribution in [1.82, 2.24) is 4.98 Å². The lowest BCUT2D eigenvalue weighted by Crippen LogP contribution is -2.44. The van der Waals surface area contributed by atoms with Crippen molar-refractivity contribution in [3.63, 3.8) is 0 Å². The number of allylic oxidation sites excluding steroid dienone is 1. The minimum atomic E-state index is -1.88. The first-order chi connectivity index (χ1) is 13.4. The first-order valence-corrected chi connectivity index (χ1v) is 14.7. The smallest absolute Gasteiger partial charge is 0.192 e. The minimum absolute atomic E-state index is 0.0872. The van der Waals surface area contributed by atoms with Crippen LogP contribution in [-0.2, 0) is 4.43 Å². The van der Waals surface area contributed by atoms with Gasteiger partial charge >= 0.3 is 0 Å². The molecule has 0 bridgehead atoms. The highest BCUT2D eigenvalue weighted by atomic mass is 32.1. The van der Waals surface area contributed by atoms with E-state index in [1.165, 1.54) is 11.1 Å². The van der Waals surface area contributed by atoms with Crippen LogP contribution in [0.2, 0.25) is 18.1 Å². The molecule has 29 heavy (non-hydrogen) atoms. The van der Waals surface area contributed by atoms with E-state index in [1.54, 1.807) is 11.3 Å². The number of hydrogen-bond acceptors (Lipinski definition) is 4. The first kappa shape index (κ1) is 26.3. The van der Waals surface area contributed by atoms with Gasteiger partial charge in [-0.2, -0.15) is 0 Å². The maximum atomic E-state index is 9.20. The lowest BCUT2D eigenvalue weighted by Gasteiger charge is -2.39. The Kier molecular flexibility index (Phi) is 10.5. The lowest BCUT2D eigenvalue weighted by atomic mass is 10.0. The van der Waals surface area contributed by atoms with Gasteiger partial charge in [-0.15, -0.1) is 11.3 Å². The van der Waals surface area contributed by atoms with Crippen molar-refractivity contribution < 1.29 is 9.53 Å². The summed E-state index contributed by atoms with van der Waals surface area (Å²) in [5.74, 6) is 0.393. The molecule has 0 aliphatic rings. The van der Waals surface area contributed by atoms with E-state index in [4.69, 9.17) is 4.43 Å². The normalized spacial score (nSPS) is 16.2. The van der Waals surface area contributed by atoms with Gasteiger partial charge < -0.3 is 9.53 Å². The van der Waals surface area contributed by atoms with Gasteiger partial charge in [0.05, 0.1) is 16.8 Å². The molecular weight excluding hydrogens is 394 g/mol. The molecule has 0 fully saturated rings. The molecule has 0 aliphatic carbocycles. The third-order valence-electron chi connectivity index (χ3n) is 6.02. The molecule has 1 N–H and O–H groups in total. The van der Waals surface area contributed by atoms with Crippen LogP contribution in [0.3, 0.4) is 0 Å². The second kappa shape index (κ2) is 11.6. The van der Waals surface area contributed by atoms with Crippen LogP contribution in [0.5, 0.6) is 0 Å². The molecule has 1 aromatic heterocycles. The van der Waals surface area contributed by atoms with E-state index in [9.17, 15) is 5.11 Å². The maximum absolute atomic E-state index is 9.20. The topological polar surface area (TPSA) is 42.4 Å². The van der Waals surface area contributed by atoms with Crippen LogP contribution in [0.4, 0.5) is 0 Å².